The van der Waals surface area contributed by atoms with Crippen molar-refractivity contribution >= 4 is 5.78 Å². The fourth-order valence-corrected chi connectivity index (χ4v) is 0.629. The molecule has 4 heteroatoms. The minimum atomic E-state index is -0.963. The van der Waals surface area contributed by atoms with Gasteiger partial charge in [0.25, 0.3) is 5.95 Å². The van der Waals surface area contributed by atoms with Gasteiger partial charge in [-0.05, 0) is 13.0 Å². The van der Waals surface area contributed by atoms with E-state index in [0.717, 1.165) is 12.3 Å². The standard InChI is InChI=1S/C7H6FNO2/c1-4(10)5-2-6(11)7(8)9-3-5/h2-3,11H,1H3. The van der Waals surface area contributed by atoms with E-state index >= 15 is 0 Å². The molecule has 0 saturated carbocycles. The Morgan fingerprint density at radius 2 is 2.36 bits per heavy atom. The molecule has 1 N–H and O–H groups in total. The van der Waals surface area contributed by atoms with Crippen LogP contribution in [0.25, 0.3) is 0 Å². The molecule has 0 aromatic carbocycles. The molecule has 0 amide bonds. The fraction of sp³-hybridized carbons (Fsp3) is 0.143. The van der Waals surface area contributed by atoms with Crippen molar-refractivity contribution < 1.29 is 14.3 Å². The Morgan fingerprint density at radius 1 is 1.73 bits per heavy atom. The van der Waals surface area contributed by atoms with E-state index in [1.165, 1.54) is 6.92 Å². The minimum Gasteiger partial charge on any atom is -0.504 e. The Balaban J connectivity index is 3.15. The highest BCUT2D eigenvalue weighted by Gasteiger charge is 2.05. The maximum atomic E-state index is 12.3. The molecule has 1 heterocycles. The number of rotatable bonds is 1. The number of aromatic hydroxyl groups is 1. The van der Waals surface area contributed by atoms with Crippen LogP contribution in [-0.2, 0) is 0 Å². The highest BCUT2D eigenvalue weighted by molar-refractivity contribution is 5.93. The van der Waals surface area contributed by atoms with Crippen LogP contribution >= 0.6 is 0 Å². The largest absolute Gasteiger partial charge is 0.504 e. The van der Waals surface area contributed by atoms with Crippen molar-refractivity contribution in [1.82, 2.24) is 4.98 Å². The number of halogens is 1. The second-order valence-electron chi connectivity index (χ2n) is 2.09. The fourth-order valence-electron chi connectivity index (χ4n) is 0.629. The van der Waals surface area contributed by atoms with Crippen molar-refractivity contribution in [1.29, 1.82) is 0 Å². The number of pyridine rings is 1. The molecule has 0 spiro atoms. The van der Waals surface area contributed by atoms with Crippen LogP contribution in [-0.4, -0.2) is 15.9 Å². The summed E-state index contributed by atoms with van der Waals surface area (Å²) in [6.07, 6.45) is 1.08. The predicted molar refractivity (Wildman–Crippen MR) is 35.9 cm³/mol. The molecule has 0 aliphatic carbocycles. The van der Waals surface area contributed by atoms with E-state index in [1.54, 1.807) is 0 Å². The Bertz CT molecular complexity index is 298. The highest BCUT2D eigenvalue weighted by Crippen LogP contribution is 2.13. The first-order chi connectivity index (χ1) is 5.11. The Labute approximate surface area is 62.5 Å². The first kappa shape index (κ1) is 7.65. The van der Waals surface area contributed by atoms with Crippen molar-refractivity contribution in [2.75, 3.05) is 0 Å². The Morgan fingerprint density at radius 3 is 2.82 bits per heavy atom. The molecule has 11 heavy (non-hydrogen) atoms. The molecule has 3 nitrogen and oxygen atoms in total. The number of carbonyl (C=O) groups is 1. The van der Waals surface area contributed by atoms with Crippen LogP contribution in [0, 0.1) is 5.95 Å². The van der Waals surface area contributed by atoms with E-state index in [4.69, 9.17) is 5.11 Å². The van der Waals surface area contributed by atoms with Gasteiger partial charge in [-0.2, -0.15) is 4.39 Å². The molecule has 58 valence electrons. The third-order valence-electron chi connectivity index (χ3n) is 1.23. The summed E-state index contributed by atoms with van der Waals surface area (Å²) in [7, 11) is 0. The lowest BCUT2D eigenvalue weighted by Crippen LogP contribution is -1.94. The van der Waals surface area contributed by atoms with E-state index < -0.39 is 11.7 Å². The quantitative estimate of drug-likeness (QED) is 0.488. The third-order valence-corrected chi connectivity index (χ3v) is 1.23. The van der Waals surface area contributed by atoms with Crippen LogP contribution < -0.4 is 0 Å². The van der Waals surface area contributed by atoms with Gasteiger partial charge >= 0.3 is 0 Å². The molecule has 0 aliphatic rings. The molecule has 1 aromatic rings. The van der Waals surface area contributed by atoms with Crippen LogP contribution in [0.5, 0.6) is 5.75 Å². The smallest absolute Gasteiger partial charge is 0.255 e. The molecular formula is C7H6FNO2. The van der Waals surface area contributed by atoms with Gasteiger partial charge in [-0.25, -0.2) is 4.98 Å². The van der Waals surface area contributed by atoms with Crippen LogP contribution in [0.3, 0.4) is 0 Å². The van der Waals surface area contributed by atoms with E-state index in [2.05, 4.69) is 4.98 Å². The SMILES string of the molecule is CC(=O)c1cnc(F)c(O)c1. The number of hydrogen-bond acceptors (Lipinski definition) is 3. The lowest BCUT2D eigenvalue weighted by Gasteiger charge is -1.95. The van der Waals surface area contributed by atoms with E-state index in [0.29, 0.717) is 0 Å². The van der Waals surface area contributed by atoms with Gasteiger partial charge in [-0.3, -0.25) is 4.79 Å². The van der Waals surface area contributed by atoms with Crippen molar-refractivity contribution in [3.8, 4) is 5.75 Å². The van der Waals surface area contributed by atoms with Gasteiger partial charge in [-0.1, -0.05) is 0 Å². The molecular weight excluding hydrogens is 149 g/mol. The van der Waals surface area contributed by atoms with Crippen LogP contribution in [0.15, 0.2) is 12.3 Å². The summed E-state index contributed by atoms with van der Waals surface area (Å²) < 4.78 is 12.3. The monoisotopic (exact) mass is 155 g/mol. The molecule has 1 aromatic heterocycles. The predicted octanol–water partition coefficient (Wildman–Crippen LogP) is 1.13. The average Bonchev–Trinajstić information content (AvgIpc) is 1.94. The Kier molecular flexibility index (Phi) is 1.85. The maximum Gasteiger partial charge on any atom is 0.255 e. The summed E-state index contributed by atoms with van der Waals surface area (Å²) in [6.45, 7) is 1.31. The number of aromatic nitrogens is 1. The van der Waals surface area contributed by atoms with E-state index in [1.807, 2.05) is 0 Å². The van der Waals surface area contributed by atoms with Crippen LogP contribution in [0.2, 0.25) is 0 Å². The van der Waals surface area contributed by atoms with Gasteiger partial charge in [0.1, 0.15) is 0 Å². The lowest BCUT2D eigenvalue weighted by molar-refractivity contribution is 0.101. The van der Waals surface area contributed by atoms with Crippen LogP contribution in [0.4, 0.5) is 4.39 Å². The maximum absolute atomic E-state index is 12.3. The minimum absolute atomic E-state index is 0.198. The zero-order chi connectivity index (χ0) is 8.43. The lowest BCUT2D eigenvalue weighted by atomic mass is 10.2. The van der Waals surface area contributed by atoms with E-state index in [-0.39, 0.29) is 11.3 Å². The number of ketones is 1. The normalized spacial score (nSPS) is 9.64. The van der Waals surface area contributed by atoms with Gasteiger partial charge in [0.15, 0.2) is 11.5 Å². The Hall–Kier alpha value is -1.45. The second-order valence-corrected chi connectivity index (χ2v) is 2.09. The molecule has 0 unspecified atom stereocenters. The number of hydrogen-bond donors (Lipinski definition) is 1. The molecule has 1 rings (SSSR count). The molecule has 0 aliphatic heterocycles. The first-order valence-corrected chi connectivity index (χ1v) is 2.96. The third kappa shape index (κ3) is 1.52. The second kappa shape index (κ2) is 2.65. The molecule has 0 saturated heterocycles. The summed E-state index contributed by atoms with van der Waals surface area (Å²) in [5.41, 5.74) is 0.198. The summed E-state index contributed by atoms with van der Waals surface area (Å²) in [5, 5.41) is 8.76. The van der Waals surface area contributed by atoms with Gasteiger partial charge in [0.05, 0.1) is 0 Å². The molecule has 0 atom stereocenters. The van der Waals surface area contributed by atoms with Gasteiger partial charge in [-0.15, -0.1) is 0 Å². The van der Waals surface area contributed by atoms with Crippen LogP contribution in [0.1, 0.15) is 17.3 Å². The van der Waals surface area contributed by atoms with Gasteiger partial charge < -0.3 is 5.11 Å². The topological polar surface area (TPSA) is 50.2 Å². The first-order valence-electron chi connectivity index (χ1n) is 2.96. The van der Waals surface area contributed by atoms with E-state index in [9.17, 15) is 9.18 Å². The zero-order valence-electron chi connectivity index (χ0n) is 5.84. The summed E-state index contributed by atoms with van der Waals surface area (Å²) in [4.78, 5) is 13.8. The molecule has 0 bridgehead atoms. The summed E-state index contributed by atoms with van der Waals surface area (Å²) in [6, 6.07) is 1.05. The van der Waals surface area contributed by atoms with Gasteiger partial charge in [0.2, 0.25) is 0 Å². The highest BCUT2D eigenvalue weighted by atomic mass is 19.1. The number of nitrogens with zero attached hydrogens (tertiary/aromatic N) is 1. The summed E-state index contributed by atoms with van der Waals surface area (Å²) in [5.74, 6) is -1.82. The summed E-state index contributed by atoms with van der Waals surface area (Å²) >= 11 is 0. The van der Waals surface area contributed by atoms with Crippen molar-refractivity contribution in [2.24, 2.45) is 0 Å². The average molecular weight is 155 g/mol. The molecule has 0 radical (unpaired) electrons. The van der Waals surface area contributed by atoms with Crippen molar-refractivity contribution in [3.63, 3.8) is 0 Å². The number of carbonyl (C=O) groups excluding carboxylic acids is 1. The molecule has 0 fully saturated rings. The van der Waals surface area contributed by atoms with Crippen molar-refractivity contribution in [2.45, 2.75) is 6.92 Å². The number of Topliss-reactive ketones (excluding diaryl/α,β-unsaturated/α-hetero) is 1. The van der Waals surface area contributed by atoms with Crippen molar-refractivity contribution in [3.05, 3.63) is 23.8 Å². The zero-order valence-corrected chi connectivity index (χ0v) is 5.84. The van der Waals surface area contributed by atoms with Gasteiger partial charge in [0, 0.05) is 11.8 Å².